The first-order valence-electron chi connectivity index (χ1n) is 8.65. The van der Waals surface area contributed by atoms with E-state index in [9.17, 15) is 19.2 Å². The number of amides is 2. The molecule has 3 heterocycles. The van der Waals surface area contributed by atoms with Crippen LogP contribution in [0.15, 0.2) is 9.59 Å². The molecule has 2 amide bonds. The summed E-state index contributed by atoms with van der Waals surface area (Å²) in [5, 5.41) is 0. The minimum atomic E-state index is -0.612. The van der Waals surface area contributed by atoms with E-state index >= 15 is 0 Å². The maximum atomic E-state index is 12.6. The Morgan fingerprint density at radius 2 is 1.74 bits per heavy atom. The van der Waals surface area contributed by atoms with Crippen LogP contribution in [0.1, 0.15) is 18.7 Å². The molecule has 2 aromatic heterocycles. The van der Waals surface area contributed by atoms with Crippen molar-refractivity contribution in [2.24, 2.45) is 31.5 Å². The van der Waals surface area contributed by atoms with Gasteiger partial charge in [-0.25, -0.2) is 9.78 Å². The number of hydrogen-bond donors (Lipinski definition) is 2. The number of rotatable bonds is 5. The summed E-state index contributed by atoms with van der Waals surface area (Å²) < 4.78 is 3.72. The molecule has 146 valence electrons. The third-order valence-electron chi connectivity index (χ3n) is 5.10. The zero-order valence-corrected chi connectivity index (χ0v) is 15.3. The monoisotopic (exact) mass is 377 g/mol. The van der Waals surface area contributed by atoms with Gasteiger partial charge in [0.2, 0.25) is 11.8 Å². The van der Waals surface area contributed by atoms with Crippen molar-refractivity contribution in [2.75, 3.05) is 13.1 Å². The zero-order valence-electron chi connectivity index (χ0n) is 15.3. The summed E-state index contributed by atoms with van der Waals surface area (Å²) >= 11 is 0. The maximum absolute atomic E-state index is 12.6. The van der Waals surface area contributed by atoms with Gasteiger partial charge in [-0.05, 0) is 25.9 Å². The number of primary amides is 2. The Morgan fingerprint density at radius 3 is 2.30 bits per heavy atom. The molecule has 0 unspecified atom stereocenters. The van der Waals surface area contributed by atoms with Crippen molar-refractivity contribution >= 4 is 23.0 Å². The van der Waals surface area contributed by atoms with Gasteiger partial charge in [0.15, 0.2) is 11.2 Å². The average Bonchev–Trinajstić information content (AvgIpc) is 2.96. The van der Waals surface area contributed by atoms with Crippen LogP contribution < -0.4 is 22.7 Å². The minimum absolute atomic E-state index is 0.140. The molecular formula is C16H23N7O4. The van der Waals surface area contributed by atoms with E-state index in [0.29, 0.717) is 38.3 Å². The number of nitrogens with zero attached hydrogens (tertiary/aromatic N) is 5. The third-order valence-corrected chi connectivity index (χ3v) is 5.10. The van der Waals surface area contributed by atoms with Gasteiger partial charge < -0.3 is 16.0 Å². The summed E-state index contributed by atoms with van der Waals surface area (Å²) in [6.07, 6.45) is 1.29. The zero-order chi connectivity index (χ0) is 19.9. The van der Waals surface area contributed by atoms with E-state index in [1.54, 1.807) is 0 Å². The number of carbonyl (C=O) groups excluding carboxylic acids is 2. The molecule has 1 saturated heterocycles. The number of hydrogen-bond acceptors (Lipinski definition) is 6. The standard InChI is InChI=1S/C16H23N7O4/c1-20-14-12(15(26)21(2)16(20)27)23(7-10(17)24)11(19-14)8-22-5-3-9(4-6-22)13(18)25/h9H,3-8H2,1-2H3,(H2,17,24)(H2,18,25). The first-order chi connectivity index (χ1) is 12.7. The predicted molar refractivity (Wildman–Crippen MR) is 96.6 cm³/mol. The molecule has 27 heavy (non-hydrogen) atoms. The van der Waals surface area contributed by atoms with Crippen molar-refractivity contribution in [3.05, 3.63) is 26.7 Å². The summed E-state index contributed by atoms with van der Waals surface area (Å²) in [6.45, 7) is 1.44. The third kappa shape index (κ3) is 3.37. The van der Waals surface area contributed by atoms with Gasteiger partial charge in [-0.15, -0.1) is 0 Å². The number of piperidine rings is 1. The van der Waals surface area contributed by atoms with Crippen molar-refractivity contribution in [2.45, 2.75) is 25.9 Å². The number of fused-ring (bicyclic) bond motifs is 1. The highest BCUT2D eigenvalue weighted by Gasteiger charge is 2.26. The van der Waals surface area contributed by atoms with Crippen molar-refractivity contribution in [1.82, 2.24) is 23.6 Å². The normalized spacial score (nSPS) is 16.1. The molecule has 1 fully saturated rings. The van der Waals surface area contributed by atoms with Gasteiger partial charge in [0, 0.05) is 20.0 Å². The van der Waals surface area contributed by atoms with Crippen LogP contribution in [0.5, 0.6) is 0 Å². The minimum Gasteiger partial charge on any atom is -0.369 e. The van der Waals surface area contributed by atoms with Crippen LogP contribution in [0, 0.1) is 5.92 Å². The lowest BCUT2D eigenvalue weighted by molar-refractivity contribution is -0.123. The highest BCUT2D eigenvalue weighted by atomic mass is 16.2. The Bertz CT molecular complexity index is 1020. The maximum Gasteiger partial charge on any atom is 0.332 e. The molecule has 1 aliphatic rings. The average molecular weight is 377 g/mol. The summed E-state index contributed by atoms with van der Waals surface area (Å²) in [5.41, 5.74) is 10.1. The molecule has 0 radical (unpaired) electrons. The first kappa shape index (κ1) is 18.8. The highest BCUT2D eigenvalue weighted by Crippen LogP contribution is 2.20. The molecule has 11 nitrogen and oxygen atoms in total. The molecule has 0 aliphatic carbocycles. The van der Waals surface area contributed by atoms with Crippen molar-refractivity contribution in [1.29, 1.82) is 0 Å². The number of nitrogens with two attached hydrogens (primary N) is 2. The van der Waals surface area contributed by atoms with E-state index < -0.39 is 17.2 Å². The SMILES string of the molecule is Cn1c(=O)c2c(nc(CN3CCC(C(N)=O)CC3)n2CC(N)=O)n(C)c1=O. The molecule has 0 saturated carbocycles. The molecule has 0 aromatic carbocycles. The molecule has 0 bridgehead atoms. The lowest BCUT2D eigenvalue weighted by Gasteiger charge is -2.30. The van der Waals surface area contributed by atoms with Gasteiger partial charge in [0.25, 0.3) is 5.56 Å². The van der Waals surface area contributed by atoms with Gasteiger partial charge in [0.1, 0.15) is 12.4 Å². The van der Waals surface area contributed by atoms with Crippen molar-refractivity contribution in [3.63, 3.8) is 0 Å². The Labute approximate surface area is 154 Å². The fraction of sp³-hybridized carbons (Fsp3) is 0.562. The summed E-state index contributed by atoms with van der Waals surface area (Å²) in [4.78, 5) is 54.2. The molecule has 11 heteroatoms. The molecule has 4 N–H and O–H groups in total. The Balaban J connectivity index is 2.02. The van der Waals surface area contributed by atoms with E-state index in [4.69, 9.17) is 11.5 Å². The van der Waals surface area contributed by atoms with Crippen LogP contribution in [0.3, 0.4) is 0 Å². The van der Waals surface area contributed by atoms with Gasteiger partial charge in [0.05, 0.1) is 6.54 Å². The highest BCUT2D eigenvalue weighted by molar-refractivity contribution is 5.78. The quantitative estimate of drug-likeness (QED) is 0.593. The molecule has 0 atom stereocenters. The molecule has 3 rings (SSSR count). The number of imidazole rings is 1. The smallest absolute Gasteiger partial charge is 0.332 e. The van der Waals surface area contributed by atoms with E-state index in [0.717, 1.165) is 4.57 Å². The second-order valence-electron chi connectivity index (χ2n) is 6.91. The molecule has 2 aromatic rings. The Kier molecular flexibility index (Phi) is 4.87. The molecule has 0 spiro atoms. The largest absolute Gasteiger partial charge is 0.369 e. The van der Waals surface area contributed by atoms with E-state index in [-0.39, 0.29) is 29.5 Å². The van der Waals surface area contributed by atoms with Gasteiger partial charge in [-0.1, -0.05) is 0 Å². The number of carbonyl (C=O) groups is 2. The van der Waals surface area contributed by atoms with Crippen molar-refractivity contribution < 1.29 is 9.59 Å². The number of likely N-dealkylation sites (tertiary alicyclic amines) is 1. The van der Waals surface area contributed by atoms with E-state index in [2.05, 4.69) is 9.88 Å². The first-order valence-corrected chi connectivity index (χ1v) is 8.65. The van der Waals surface area contributed by atoms with Gasteiger partial charge in [-0.3, -0.25) is 28.4 Å². The number of aryl methyl sites for hydroxylation is 1. The van der Waals surface area contributed by atoms with Crippen LogP contribution in [-0.4, -0.2) is 48.5 Å². The topological polar surface area (TPSA) is 151 Å². The van der Waals surface area contributed by atoms with Crippen molar-refractivity contribution in [3.8, 4) is 0 Å². The Hall–Kier alpha value is -2.95. The lowest BCUT2D eigenvalue weighted by Crippen LogP contribution is -2.39. The van der Waals surface area contributed by atoms with Crippen LogP contribution in [0.2, 0.25) is 0 Å². The molecule has 1 aliphatic heterocycles. The fourth-order valence-electron chi connectivity index (χ4n) is 3.51. The van der Waals surface area contributed by atoms with Crippen LogP contribution in [-0.2, 0) is 36.8 Å². The fourth-order valence-corrected chi connectivity index (χ4v) is 3.51. The van der Waals surface area contributed by atoms with E-state index in [1.165, 1.54) is 23.2 Å². The summed E-state index contributed by atoms with van der Waals surface area (Å²) in [7, 11) is 2.90. The predicted octanol–water partition coefficient (Wildman–Crippen LogP) is -2.38. The van der Waals surface area contributed by atoms with Crippen LogP contribution >= 0.6 is 0 Å². The Morgan fingerprint density at radius 1 is 1.11 bits per heavy atom. The van der Waals surface area contributed by atoms with Gasteiger partial charge in [-0.2, -0.15) is 0 Å². The second-order valence-corrected chi connectivity index (χ2v) is 6.91. The lowest BCUT2D eigenvalue weighted by atomic mass is 9.96. The summed E-state index contributed by atoms with van der Waals surface area (Å²) in [6, 6.07) is 0. The second kappa shape index (κ2) is 6.99. The van der Waals surface area contributed by atoms with Gasteiger partial charge >= 0.3 is 5.69 Å². The molecular weight excluding hydrogens is 354 g/mol. The van der Waals surface area contributed by atoms with Crippen LogP contribution in [0.25, 0.3) is 11.2 Å². The van der Waals surface area contributed by atoms with Crippen LogP contribution in [0.4, 0.5) is 0 Å². The summed E-state index contributed by atoms with van der Waals surface area (Å²) in [5.74, 6) is -0.577. The van der Waals surface area contributed by atoms with E-state index in [1.807, 2.05) is 0 Å². The number of aromatic nitrogens is 4.